The Balaban J connectivity index is 1.36. The summed E-state index contributed by atoms with van der Waals surface area (Å²) in [6.45, 7) is 2.30. The molecule has 9 heteroatoms. The second kappa shape index (κ2) is 10.2. The Morgan fingerprint density at radius 2 is 1.78 bits per heavy atom. The van der Waals surface area contributed by atoms with E-state index in [0.29, 0.717) is 5.02 Å². The number of carbonyl (C=O) groups excluding carboxylic acids is 3. The van der Waals surface area contributed by atoms with Gasteiger partial charge in [-0.15, -0.1) is 0 Å². The molecular formula is C27H34ClN5O3. The van der Waals surface area contributed by atoms with Crippen molar-refractivity contribution in [3.05, 3.63) is 52.6 Å². The van der Waals surface area contributed by atoms with Gasteiger partial charge in [-0.2, -0.15) is 0 Å². The van der Waals surface area contributed by atoms with Crippen LogP contribution in [0.3, 0.4) is 0 Å². The molecule has 0 radical (unpaired) electrons. The summed E-state index contributed by atoms with van der Waals surface area (Å²) in [4.78, 5) is 46.6. The number of benzene rings is 1. The van der Waals surface area contributed by atoms with Crippen LogP contribution in [0.2, 0.25) is 5.02 Å². The fourth-order valence-corrected chi connectivity index (χ4v) is 5.79. The number of carbonyl (C=O) groups is 3. The maximum Gasteiger partial charge on any atom is 0.274 e. The van der Waals surface area contributed by atoms with E-state index in [-0.39, 0.29) is 54.3 Å². The zero-order valence-corrected chi connectivity index (χ0v) is 21.5. The van der Waals surface area contributed by atoms with Crippen molar-refractivity contribution in [2.45, 2.75) is 95.4 Å². The molecule has 5 rings (SSSR count). The molecule has 1 aromatic carbocycles. The predicted molar refractivity (Wildman–Crippen MR) is 137 cm³/mol. The zero-order valence-electron chi connectivity index (χ0n) is 20.8. The molecule has 3 aliphatic rings. The maximum atomic E-state index is 13.8. The number of rotatable bonds is 6. The number of hydrogen-bond acceptors (Lipinski definition) is 4. The van der Waals surface area contributed by atoms with Crippen molar-refractivity contribution in [1.82, 2.24) is 25.1 Å². The highest BCUT2D eigenvalue weighted by molar-refractivity contribution is 6.31. The van der Waals surface area contributed by atoms with Crippen LogP contribution >= 0.6 is 11.6 Å². The highest BCUT2D eigenvalue weighted by atomic mass is 35.5. The molecule has 2 aromatic rings. The van der Waals surface area contributed by atoms with E-state index in [1.54, 1.807) is 22.5 Å². The smallest absolute Gasteiger partial charge is 0.274 e. The first-order valence-electron chi connectivity index (χ1n) is 13.1. The van der Waals surface area contributed by atoms with Crippen LogP contribution in [0, 0.1) is 0 Å². The summed E-state index contributed by atoms with van der Waals surface area (Å²) in [5.41, 5.74) is 0.154. The van der Waals surface area contributed by atoms with Crippen LogP contribution in [-0.2, 0) is 17.9 Å². The van der Waals surface area contributed by atoms with Gasteiger partial charge in [0.15, 0.2) is 5.69 Å². The first kappa shape index (κ1) is 24.8. The molecule has 1 aliphatic heterocycles. The Kier molecular flexibility index (Phi) is 7.06. The molecule has 2 fully saturated rings. The fraction of sp³-hybridized carbons (Fsp3) is 0.556. The lowest BCUT2D eigenvalue weighted by molar-refractivity contribution is -0.133. The number of aromatic nitrogens is 2. The standard InChI is InChI=1S/C27H34ClN5O3/c1-27(26(36)29-15-18-9-7-8-12-21(18)28)16-32-17-30-22(23(32)25(35)33(27)20-13-14-20)24(34)31-19-10-5-3-2-4-6-11-19/h7-9,12,17,19-20H,2-6,10-11,13-16H2,1H3,(H,29,36)(H,31,34). The van der Waals surface area contributed by atoms with Crippen LogP contribution in [-0.4, -0.2) is 49.8 Å². The lowest BCUT2D eigenvalue weighted by Gasteiger charge is -2.44. The summed E-state index contributed by atoms with van der Waals surface area (Å²) in [5.74, 6) is -0.854. The molecular weight excluding hydrogens is 478 g/mol. The lowest BCUT2D eigenvalue weighted by Crippen LogP contribution is -2.64. The Bertz CT molecular complexity index is 1150. The van der Waals surface area contributed by atoms with Crippen molar-refractivity contribution >= 4 is 29.3 Å². The number of nitrogens with zero attached hydrogens (tertiary/aromatic N) is 3. The third kappa shape index (κ3) is 4.88. The Morgan fingerprint density at radius 1 is 1.08 bits per heavy atom. The van der Waals surface area contributed by atoms with E-state index >= 15 is 0 Å². The summed E-state index contributed by atoms with van der Waals surface area (Å²) < 4.78 is 1.67. The second-order valence-corrected chi connectivity index (χ2v) is 10.9. The molecule has 2 saturated carbocycles. The molecule has 8 nitrogen and oxygen atoms in total. The van der Waals surface area contributed by atoms with Crippen molar-refractivity contribution in [3.8, 4) is 0 Å². The summed E-state index contributed by atoms with van der Waals surface area (Å²) in [6.07, 6.45) is 10.9. The quantitative estimate of drug-likeness (QED) is 0.611. The predicted octanol–water partition coefficient (Wildman–Crippen LogP) is 4.07. The first-order valence-corrected chi connectivity index (χ1v) is 13.5. The van der Waals surface area contributed by atoms with Crippen LogP contribution < -0.4 is 10.6 Å². The van der Waals surface area contributed by atoms with E-state index in [0.717, 1.165) is 44.1 Å². The molecule has 2 N–H and O–H groups in total. The molecule has 3 amide bonds. The van der Waals surface area contributed by atoms with Gasteiger partial charge in [0.2, 0.25) is 5.91 Å². The van der Waals surface area contributed by atoms with Crippen molar-refractivity contribution < 1.29 is 14.4 Å². The number of fused-ring (bicyclic) bond motifs is 1. The van der Waals surface area contributed by atoms with Gasteiger partial charge in [0.25, 0.3) is 11.8 Å². The Hall–Kier alpha value is -2.87. The molecule has 2 aliphatic carbocycles. The molecule has 192 valence electrons. The van der Waals surface area contributed by atoms with Crippen LogP contribution in [0.25, 0.3) is 0 Å². The number of halogens is 1. The summed E-state index contributed by atoms with van der Waals surface area (Å²) in [6, 6.07) is 7.45. The SMILES string of the molecule is CC1(C(=O)NCc2ccccc2Cl)Cn2cnc(C(=O)NC3CCCCCCC3)c2C(=O)N1C1CC1. The molecule has 1 aromatic heterocycles. The van der Waals surface area contributed by atoms with Crippen LogP contribution in [0.4, 0.5) is 0 Å². The minimum absolute atomic E-state index is 0.0151. The normalized spacial score (nSPS) is 22.9. The number of hydrogen-bond donors (Lipinski definition) is 2. The largest absolute Gasteiger partial charge is 0.350 e. The second-order valence-electron chi connectivity index (χ2n) is 10.5. The summed E-state index contributed by atoms with van der Waals surface area (Å²) in [5, 5.41) is 6.69. The average molecular weight is 512 g/mol. The fourth-order valence-electron chi connectivity index (χ4n) is 5.58. The van der Waals surface area contributed by atoms with Crippen molar-refractivity contribution in [3.63, 3.8) is 0 Å². The average Bonchev–Trinajstić information content (AvgIpc) is 3.57. The molecule has 1 unspecified atom stereocenters. The zero-order chi connectivity index (χ0) is 25.3. The number of amides is 3. The van der Waals surface area contributed by atoms with Gasteiger partial charge in [-0.05, 0) is 44.2 Å². The third-order valence-corrected chi connectivity index (χ3v) is 8.09. The maximum absolute atomic E-state index is 13.8. The molecule has 0 saturated heterocycles. The van der Waals surface area contributed by atoms with Crippen LogP contribution in [0.15, 0.2) is 30.6 Å². The van der Waals surface area contributed by atoms with Gasteiger partial charge >= 0.3 is 0 Å². The van der Waals surface area contributed by atoms with E-state index in [1.165, 1.54) is 25.6 Å². The van der Waals surface area contributed by atoms with Crippen molar-refractivity contribution in [2.24, 2.45) is 0 Å². The number of imidazole rings is 1. The highest BCUT2D eigenvalue weighted by Crippen LogP contribution is 2.39. The van der Waals surface area contributed by atoms with E-state index in [4.69, 9.17) is 11.6 Å². The van der Waals surface area contributed by atoms with E-state index in [1.807, 2.05) is 18.2 Å². The van der Waals surface area contributed by atoms with E-state index in [9.17, 15) is 14.4 Å². The highest BCUT2D eigenvalue weighted by Gasteiger charge is 2.53. The minimum Gasteiger partial charge on any atom is -0.350 e. The van der Waals surface area contributed by atoms with Crippen LogP contribution in [0.1, 0.15) is 91.3 Å². The third-order valence-electron chi connectivity index (χ3n) is 7.72. The van der Waals surface area contributed by atoms with Gasteiger partial charge in [-0.25, -0.2) is 4.98 Å². The lowest BCUT2D eigenvalue weighted by atomic mass is 9.93. The number of nitrogens with one attached hydrogen (secondary N) is 2. The summed E-state index contributed by atoms with van der Waals surface area (Å²) in [7, 11) is 0. The molecule has 2 heterocycles. The Morgan fingerprint density at radius 3 is 2.47 bits per heavy atom. The topological polar surface area (TPSA) is 96.3 Å². The monoisotopic (exact) mass is 511 g/mol. The van der Waals surface area contributed by atoms with Gasteiger partial charge < -0.3 is 20.1 Å². The van der Waals surface area contributed by atoms with E-state index < -0.39 is 5.54 Å². The van der Waals surface area contributed by atoms with Crippen molar-refractivity contribution in [2.75, 3.05) is 0 Å². The Labute approximate surface area is 216 Å². The van der Waals surface area contributed by atoms with Gasteiger partial charge in [0.1, 0.15) is 11.2 Å². The molecule has 0 spiro atoms. The minimum atomic E-state index is -1.10. The van der Waals surface area contributed by atoms with Gasteiger partial charge in [0, 0.05) is 23.7 Å². The van der Waals surface area contributed by atoms with Gasteiger partial charge in [-0.3, -0.25) is 14.4 Å². The first-order chi connectivity index (χ1) is 17.4. The van der Waals surface area contributed by atoms with Gasteiger partial charge in [-0.1, -0.05) is 61.9 Å². The van der Waals surface area contributed by atoms with E-state index in [2.05, 4.69) is 15.6 Å². The van der Waals surface area contributed by atoms with Crippen LogP contribution in [0.5, 0.6) is 0 Å². The van der Waals surface area contributed by atoms with Gasteiger partial charge in [0.05, 0.1) is 12.9 Å². The molecule has 0 bridgehead atoms. The van der Waals surface area contributed by atoms with Crippen molar-refractivity contribution in [1.29, 1.82) is 0 Å². The molecule has 36 heavy (non-hydrogen) atoms. The summed E-state index contributed by atoms with van der Waals surface area (Å²) >= 11 is 6.26. The molecule has 1 atom stereocenters.